The largest absolute Gasteiger partial charge is 0.494 e. The van der Waals surface area contributed by atoms with Crippen LogP contribution in [0.1, 0.15) is 44.4 Å². The zero-order valence-corrected chi connectivity index (χ0v) is 28.4. The number of carbonyl (C=O) groups is 2. The fraction of sp³-hybridized carbons (Fsp3) is 0.216. The van der Waals surface area contributed by atoms with E-state index in [2.05, 4.69) is 11.9 Å². The number of aromatic nitrogens is 3. The first kappa shape index (κ1) is 33.2. The summed E-state index contributed by atoms with van der Waals surface area (Å²) in [5.41, 5.74) is 3.89. The van der Waals surface area contributed by atoms with Gasteiger partial charge in [0.15, 0.2) is 16.3 Å². The molecule has 0 radical (unpaired) electrons. The van der Waals surface area contributed by atoms with E-state index in [1.54, 1.807) is 35.9 Å². The van der Waals surface area contributed by atoms with Crippen LogP contribution in [0.5, 0.6) is 17.2 Å². The lowest BCUT2D eigenvalue weighted by Crippen LogP contribution is -2.39. The highest BCUT2D eigenvalue weighted by molar-refractivity contribution is 7.07. The van der Waals surface area contributed by atoms with E-state index in [0.717, 1.165) is 23.4 Å². The fourth-order valence-electron chi connectivity index (χ4n) is 5.60. The molecule has 0 unspecified atom stereocenters. The molecule has 0 aliphatic carbocycles. The quantitative estimate of drug-likeness (QED) is 0.150. The highest BCUT2D eigenvalue weighted by Gasteiger charge is 2.34. The molecule has 0 saturated carbocycles. The van der Waals surface area contributed by atoms with Crippen LogP contribution in [-0.2, 0) is 14.3 Å². The number of hydrogen-bond acceptors (Lipinski definition) is 10. The average Bonchev–Trinajstić information content (AvgIpc) is 3.67. The summed E-state index contributed by atoms with van der Waals surface area (Å²) < 4.78 is 25.4. The molecule has 49 heavy (non-hydrogen) atoms. The maximum Gasteiger partial charge on any atom is 0.338 e. The third-order valence-electron chi connectivity index (χ3n) is 7.83. The number of carbonyl (C=O) groups excluding carboxylic acids is 2. The molecule has 250 valence electrons. The van der Waals surface area contributed by atoms with Crippen molar-refractivity contribution in [3.63, 3.8) is 0 Å². The number of fused-ring (bicyclic) bond motifs is 1. The minimum atomic E-state index is -0.895. The Bertz CT molecular complexity index is 2250. The average molecular weight is 679 g/mol. The Kier molecular flexibility index (Phi) is 9.58. The predicted octanol–water partition coefficient (Wildman–Crippen LogP) is 4.98. The van der Waals surface area contributed by atoms with Crippen LogP contribution in [-0.4, -0.2) is 47.1 Å². The molecule has 3 heterocycles. The molecule has 1 aliphatic rings. The number of nitrogens with zero attached hydrogens (tertiary/aromatic N) is 4. The summed E-state index contributed by atoms with van der Waals surface area (Å²) in [4.78, 5) is 44.3. The van der Waals surface area contributed by atoms with Crippen molar-refractivity contribution >= 4 is 29.4 Å². The fourth-order valence-corrected chi connectivity index (χ4v) is 6.64. The molecule has 6 rings (SSSR count). The monoisotopic (exact) mass is 678 g/mol. The van der Waals surface area contributed by atoms with E-state index in [-0.39, 0.29) is 22.6 Å². The molecule has 1 aliphatic heterocycles. The number of para-hydroxylation sites is 1. The molecule has 12 heteroatoms. The number of methoxy groups -OCH3 is 2. The standard InChI is InChI=1S/C37H34N4O7S/c1-6-18-47-28-15-12-24(13-16-28)33-26(21-40(39-33)27-10-8-7-9-11-27)20-31-35(43)41-34(32(36(44)46-5)22(2)38-37(41)49-31)25-14-17-29(48-23(3)42)30(19-25)45-4/h7-17,19-21,34H,6,18H2,1-5H3/b31-20-/t34-/m1/s1. The SMILES string of the molecule is CCCOc1ccc(-c2nn(-c3ccccc3)cc2/C=c2\sc3n(c2=O)[C@H](c2ccc(OC(C)=O)c(OC)c2)C(C(=O)OC)=C(C)N=3)cc1. The van der Waals surface area contributed by atoms with Crippen molar-refractivity contribution in [1.29, 1.82) is 0 Å². The molecule has 5 aromatic rings. The van der Waals surface area contributed by atoms with E-state index >= 15 is 0 Å². The van der Waals surface area contributed by atoms with Crippen molar-refractivity contribution in [2.75, 3.05) is 20.8 Å². The first-order valence-electron chi connectivity index (χ1n) is 15.6. The van der Waals surface area contributed by atoms with Gasteiger partial charge in [-0.05, 0) is 73.5 Å². The Morgan fingerprint density at radius 3 is 2.43 bits per heavy atom. The summed E-state index contributed by atoms with van der Waals surface area (Å²) in [6, 6.07) is 21.4. The Morgan fingerprint density at radius 1 is 1.00 bits per heavy atom. The van der Waals surface area contributed by atoms with Crippen LogP contribution in [0.3, 0.4) is 0 Å². The van der Waals surface area contributed by atoms with Crippen LogP contribution in [0.15, 0.2) is 100 Å². The van der Waals surface area contributed by atoms with Crippen LogP contribution in [0.4, 0.5) is 0 Å². The van der Waals surface area contributed by atoms with Gasteiger partial charge in [0.05, 0.1) is 48.4 Å². The number of benzene rings is 3. The van der Waals surface area contributed by atoms with Crippen molar-refractivity contribution in [3.8, 4) is 34.2 Å². The lowest BCUT2D eigenvalue weighted by molar-refractivity contribution is -0.136. The van der Waals surface area contributed by atoms with Gasteiger partial charge in [-0.25, -0.2) is 14.5 Å². The van der Waals surface area contributed by atoms with E-state index in [0.29, 0.717) is 38.5 Å². The normalized spacial score (nSPS) is 14.2. The van der Waals surface area contributed by atoms with Crippen LogP contribution in [0.2, 0.25) is 0 Å². The van der Waals surface area contributed by atoms with Gasteiger partial charge in [0.1, 0.15) is 11.4 Å². The molecular weight excluding hydrogens is 644 g/mol. The Labute approximate surface area is 286 Å². The highest BCUT2D eigenvalue weighted by Crippen LogP contribution is 2.36. The van der Waals surface area contributed by atoms with Gasteiger partial charge in [0.25, 0.3) is 5.56 Å². The molecule has 3 aromatic carbocycles. The Morgan fingerprint density at radius 2 is 1.76 bits per heavy atom. The summed E-state index contributed by atoms with van der Waals surface area (Å²) in [6.45, 7) is 5.67. The van der Waals surface area contributed by atoms with E-state index < -0.39 is 18.0 Å². The second-order valence-corrected chi connectivity index (χ2v) is 12.2. The number of thiazole rings is 1. The molecule has 0 amide bonds. The first-order valence-corrected chi connectivity index (χ1v) is 16.4. The number of allylic oxidation sites excluding steroid dienone is 1. The molecule has 2 aromatic heterocycles. The zero-order valence-electron chi connectivity index (χ0n) is 27.6. The predicted molar refractivity (Wildman–Crippen MR) is 185 cm³/mol. The van der Waals surface area contributed by atoms with Crippen molar-refractivity contribution in [3.05, 3.63) is 121 Å². The third-order valence-corrected chi connectivity index (χ3v) is 8.82. The van der Waals surface area contributed by atoms with Gasteiger partial charge in [-0.3, -0.25) is 14.2 Å². The Hall–Kier alpha value is -5.75. The van der Waals surface area contributed by atoms with Gasteiger partial charge in [-0.15, -0.1) is 0 Å². The van der Waals surface area contributed by atoms with Gasteiger partial charge in [-0.1, -0.05) is 42.5 Å². The smallest absolute Gasteiger partial charge is 0.338 e. The molecule has 11 nitrogen and oxygen atoms in total. The summed E-state index contributed by atoms with van der Waals surface area (Å²) in [7, 11) is 2.72. The highest BCUT2D eigenvalue weighted by atomic mass is 32.1. The minimum absolute atomic E-state index is 0.201. The van der Waals surface area contributed by atoms with Crippen LogP contribution < -0.4 is 29.1 Å². The topological polar surface area (TPSA) is 123 Å². The number of hydrogen-bond donors (Lipinski definition) is 0. The van der Waals surface area contributed by atoms with Gasteiger partial charge < -0.3 is 18.9 Å². The van der Waals surface area contributed by atoms with E-state index in [1.165, 1.54) is 37.0 Å². The van der Waals surface area contributed by atoms with Gasteiger partial charge >= 0.3 is 11.9 Å². The molecule has 0 bridgehead atoms. The number of rotatable bonds is 10. The van der Waals surface area contributed by atoms with Crippen LogP contribution in [0.25, 0.3) is 23.0 Å². The summed E-state index contributed by atoms with van der Waals surface area (Å²) in [5.74, 6) is 0.0940. The number of ether oxygens (including phenoxy) is 4. The van der Waals surface area contributed by atoms with Crippen LogP contribution in [0, 0.1) is 0 Å². The van der Waals surface area contributed by atoms with E-state index in [1.807, 2.05) is 60.8 Å². The second kappa shape index (κ2) is 14.2. The van der Waals surface area contributed by atoms with Gasteiger partial charge in [0.2, 0.25) is 0 Å². The summed E-state index contributed by atoms with van der Waals surface area (Å²) in [6.07, 6.45) is 4.58. The second-order valence-electron chi connectivity index (χ2n) is 11.2. The first-order chi connectivity index (χ1) is 23.7. The number of esters is 2. The molecule has 0 fully saturated rings. The summed E-state index contributed by atoms with van der Waals surface area (Å²) >= 11 is 1.21. The maximum absolute atomic E-state index is 14.4. The van der Waals surface area contributed by atoms with E-state index in [4.69, 9.17) is 24.0 Å². The van der Waals surface area contributed by atoms with Crippen LogP contribution >= 0.6 is 11.3 Å². The lowest BCUT2D eigenvalue weighted by Gasteiger charge is -2.25. The molecule has 0 saturated heterocycles. The zero-order chi connectivity index (χ0) is 34.7. The summed E-state index contributed by atoms with van der Waals surface area (Å²) in [5, 5.41) is 4.92. The molecule has 0 N–H and O–H groups in total. The third kappa shape index (κ3) is 6.68. The molecule has 1 atom stereocenters. The lowest BCUT2D eigenvalue weighted by atomic mass is 9.95. The van der Waals surface area contributed by atoms with Crippen molar-refractivity contribution in [1.82, 2.24) is 14.3 Å². The van der Waals surface area contributed by atoms with Crippen molar-refractivity contribution < 1.29 is 28.5 Å². The van der Waals surface area contributed by atoms with Crippen molar-refractivity contribution in [2.24, 2.45) is 4.99 Å². The molecular formula is C37H34N4O7S. The minimum Gasteiger partial charge on any atom is -0.494 e. The van der Waals surface area contributed by atoms with E-state index in [9.17, 15) is 14.4 Å². The van der Waals surface area contributed by atoms with Gasteiger partial charge in [-0.2, -0.15) is 5.10 Å². The van der Waals surface area contributed by atoms with Crippen molar-refractivity contribution in [2.45, 2.75) is 33.2 Å². The Balaban J connectivity index is 1.52. The van der Waals surface area contributed by atoms with Gasteiger partial charge in [0, 0.05) is 24.2 Å². The maximum atomic E-state index is 14.4. The molecule has 0 spiro atoms.